The SMILES string of the molecule is Brc1ccc(Cc2cc(-c3ccc(Br)cc3)cc(-c3ccc(Br)cc3)n2)cc1.Brc1ccc(Cc2cc(-c3ccc(Br)cc3)cc(-c3ccc(Br)cc3)n2)cc1. The van der Waals surface area contributed by atoms with Gasteiger partial charge < -0.3 is 0 Å². The Labute approximate surface area is 378 Å². The molecule has 0 radical (unpaired) electrons. The Morgan fingerprint density at radius 1 is 0.268 bits per heavy atom. The summed E-state index contributed by atoms with van der Waals surface area (Å²) in [5.41, 5.74) is 13.5. The fourth-order valence-electron chi connectivity index (χ4n) is 6.13. The Morgan fingerprint density at radius 2 is 0.518 bits per heavy atom. The maximum Gasteiger partial charge on any atom is 0.0711 e. The zero-order valence-corrected chi connectivity index (χ0v) is 39.3. The normalized spacial score (nSPS) is 10.8. The highest BCUT2D eigenvalue weighted by atomic mass is 79.9. The monoisotopic (exact) mass is 1110 g/mol. The van der Waals surface area contributed by atoms with Crippen molar-refractivity contribution in [1.29, 1.82) is 0 Å². The lowest BCUT2D eigenvalue weighted by Crippen LogP contribution is -1.96. The van der Waals surface area contributed by atoms with Crippen molar-refractivity contribution >= 4 is 95.6 Å². The van der Waals surface area contributed by atoms with Crippen LogP contribution in [0.1, 0.15) is 22.5 Å². The molecule has 0 unspecified atom stereocenters. The Bertz CT molecular complexity index is 2230. The van der Waals surface area contributed by atoms with Gasteiger partial charge in [-0.05, 0) is 130 Å². The van der Waals surface area contributed by atoms with Gasteiger partial charge >= 0.3 is 0 Å². The number of nitrogens with zero attached hydrogens (tertiary/aromatic N) is 2. The molecule has 2 nitrogen and oxygen atoms in total. The van der Waals surface area contributed by atoms with E-state index >= 15 is 0 Å². The van der Waals surface area contributed by atoms with Gasteiger partial charge in [-0.1, -0.05) is 168 Å². The zero-order chi connectivity index (χ0) is 39.0. The summed E-state index contributed by atoms with van der Waals surface area (Å²) in [7, 11) is 0. The van der Waals surface area contributed by atoms with Crippen molar-refractivity contribution in [2.24, 2.45) is 0 Å². The van der Waals surface area contributed by atoms with Gasteiger partial charge in [-0.3, -0.25) is 9.97 Å². The molecule has 0 aliphatic heterocycles. The van der Waals surface area contributed by atoms with Crippen molar-refractivity contribution in [3.63, 3.8) is 0 Å². The summed E-state index contributed by atoms with van der Waals surface area (Å²) in [4.78, 5) is 9.92. The van der Waals surface area contributed by atoms with Gasteiger partial charge in [0.05, 0.1) is 11.4 Å². The van der Waals surface area contributed by atoms with Crippen molar-refractivity contribution in [3.8, 4) is 44.8 Å². The van der Waals surface area contributed by atoms with Crippen LogP contribution in [0.15, 0.2) is 197 Å². The van der Waals surface area contributed by atoms with Crippen LogP contribution in [0.25, 0.3) is 44.8 Å². The lowest BCUT2D eigenvalue weighted by atomic mass is 10.00. The first-order valence-corrected chi connectivity index (χ1v) is 22.4. The van der Waals surface area contributed by atoms with Crippen molar-refractivity contribution in [3.05, 3.63) is 219 Å². The highest BCUT2D eigenvalue weighted by Crippen LogP contribution is 2.31. The Kier molecular flexibility index (Phi) is 14.0. The summed E-state index contributed by atoms with van der Waals surface area (Å²) in [6.07, 6.45) is 1.59. The molecule has 56 heavy (non-hydrogen) atoms. The van der Waals surface area contributed by atoms with Crippen LogP contribution in [0.5, 0.6) is 0 Å². The lowest BCUT2D eigenvalue weighted by Gasteiger charge is -2.11. The van der Waals surface area contributed by atoms with Crippen LogP contribution >= 0.6 is 95.6 Å². The molecule has 0 bridgehead atoms. The van der Waals surface area contributed by atoms with Crippen molar-refractivity contribution in [2.75, 3.05) is 0 Å². The van der Waals surface area contributed by atoms with Gasteiger partial charge in [-0.2, -0.15) is 0 Å². The van der Waals surface area contributed by atoms with E-state index in [0.717, 1.165) is 73.6 Å². The lowest BCUT2D eigenvalue weighted by molar-refractivity contribution is 1.08. The average Bonchev–Trinajstić information content (AvgIpc) is 3.21. The van der Waals surface area contributed by atoms with Crippen LogP contribution in [-0.4, -0.2) is 9.97 Å². The number of pyridine rings is 2. The third-order valence-electron chi connectivity index (χ3n) is 8.99. The van der Waals surface area contributed by atoms with Gasteiger partial charge in [0.25, 0.3) is 0 Å². The molecule has 8 rings (SSSR count). The van der Waals surface area contributed by atoms with Crippen LogP contribution in [0.3, 0.4) is 0 Å². The van der Waals surface area contributed by atoms with E-state index in [4.69, 9.17) is 9.97 Å². The first-order valence-electron chi connectivity index (χ1n) is 17.7. The molecule has 0 aliphatic rings. The van der Waals surface area contributed by atoms with E-state index in [1.807, 2.05) is 0 Å². The minimum absolute atomic E-state index is 0.793. The molecule has 2 heterocycles. The second-order valence-electron chi connectivity index (χ2n) is 13.1. The molecule has 0 fully saturated rings. The van der Waals surface area contributed by atoms with Crippen LogP contribution in [-0.2, 0) is 12.8 Å². The molecule has 2 aromatic heterocycles. The van der Waals surface area contributed by atoms with Crippen LogP contribution in [0, 0.1) is 0 Å². The number of hydrogen-bond donors (Lipinski definition) is 0. The third kappa shape index (κ3) is 11.3. The van der Waals surface area contributed by atoms with E-state index in [-0.39, 0.29) is 0 Å². The molecule has 0 N–H and O–H groups in total. The molecule has 8 aromatic rings. The van der Waals surface area contributed by atoms with E-state index in [1.165, 1.54) is 33.4 Å². The molecule has 6 aromatic carbocycles. The summed E-state index contributed by atoms with van der Waals surface area (Å²) in [5.74, 6) is 0. The van der Waals surface area contributed by atoms with Crippen molar-refractivity contribution < 1.29 is 0 Å². The summed E-state index contributed by atoms with van der Waals surface area (Å²) in [6.45, 7) is 0. The largest absolute Gasteiger partial charge is 0.252 e. The van der Waals surface area contributed by atoms with Gasteiger partial charge in [0.2, 0.25) is 0 Å². The molecule has 0 atom stereocenters. The summed E-state index contributed by atoms with van der Waals surface area (Å²) < 4.78 is 6.46. The van der Waals surface area contributed by atoms with Crippen LogP contribution < -0.4 is 0 Å². The van der Waals surface area contributed by atoms with Gasteiger partial charge in [0.15, 0.2) is 0 Å². The van der Waals surface area contributed by atoms with Crippen molar-refractivity contribution in [2.45, 2.75) is 12.8 Å². The van der Waals surface area contributed by atoms with Crippen molar-refractivity contribution in [1.82, 2.24) is 9.97 Å². The van der Waals surface area contributed by atoms with E-state index in [1.54, 1.807) is 0 Å². The highest BCUT2D eigenvalue weighted by Gasteiger charge is 2.11. The average molecular weight is 1120 g/mol. The fourth-order valence-corrected chi connectivity index (χ4v) is 7.72. The molecule has 0 amide bonds. The predicted octanol–water partition coefficient (Wildman–Crippen LogP) is 16.6. The number of benzene rings is 6. The van der Waals surface area contributed by atoms with Crippen LogP contribution in [0.4, 0.5) is 0 Å². The Balaban J connectivity index is 0.000000172. The van der Waals surface area contributed by atoms with E-state index < -0.39 is 0 Å². The number of halogens is 6. The summed E-state index contributed by atoms with van der Waals surface area (Å²) in [5, 5.41) is 0. The predicted molar refractivity (Wildman–Crippen MR) is 255 cm³/mol. The second kappa shape index (κ2) is 19.3. The molecule has 276 valence electrons. The smallest absolute Gasteiger partial charge is 0.0711 e. The standard InChI is InChI=1S/2C24H16Br3N/c2*25-20-7-1-16(2-8-20)13-23-14-19(17-3-9-21(26)10-4-17)15-24(28-23)18-5-11-22(27)12-6-18/h2*1-12,14-15H,13H2. The first kappa shape index (κ1) is 40.7. The van der Waals surface area contributed by atoms with Gasteiger partial charge in [0, 0.05) is 62.2 Å². The quantitative estimate of drug-likeness (QED) is 0.152. The Hall–Kier alpha value is -3.50. The number of hydrogen-bond acceptors (Lipinski definition) is 2. The third-order valence-corrected chi connectivity index (χ3v) is 12.2. The Morgan fingerprint density at radius 3 is 0.804 bits per heavy atom. The maximum atomic E-state index is 4.96. The van der Waals surface area contributed by atoms with E-state index in [2.05, 4.69) is 265 Å². The molecular weight excluding hydrogens is 1080 g/mol. The second-order valence-corrected chi connectivity index (χ2v) is 18.6. The van der Waals surface area contributed by atoms with Gasteiger partial charge in [0.1, 0.15) is 0 Å². The van der Waals surface area contributed by atoms with Gasteiger partial charge in [-0.15, -0.1) is 0 Å². The topological polar surface area (TPSA) is 25.8 Å². The molecule has 0 spiro atoms. The zero-order valence-electron chi connectivity index (χ0n) is 29.7. The summed E-state index contributed by atoms with van der Waals surface area (Å²) in [6, 6.07) is 59.0. The van der Waals surface area contributed by atoms with E-state index in [9.17, 15) is 0 Å². The van der Waals surface area contributed by atoms with Gasteiger partial charge in [-0.25, -0.2) is 0 Å². The minimum Gasteiger partial charge on any atom is -0.252 e. The van der Waals surface area contributed by atoms with Crippen LogP contribution in [0.2, 0.25) is 0 Å². The first-order chi connectivity index (χ1) is 27.1. The molecule has 0 aliphatic carbocycles. The maximum absolute atomic E-state index is 4.96. The highest BCUT2D eigenvalue weighted by molar-refractivity contribution is 9.11. The number of aromatic nitrogens is 2. The molecule has 0 saturated carbocycles. The molecule has 8 heteroatoms. The van der Waals surface area contributed by atoms with E-state index in [0.29, 0.717) is 0 Å². The molecular formula is C48H32Br6N2. The number of rotatable bonds is 8. The summed E-state index contributed by atoms with van der Waals surface area (Å²) >= 11 is 21.1. The molecule has 0 saturated heterocycles. The fraction of sp³-hybridized carbons (Fsp3) is 0.0417. The minimum atomic E-state index is 0.793.